The fourth-order valence-electron chi connectivity index (χ4n) is 1.98. The number of halogens is 1. The van der Waals surface area contributed by atoms with Crippen LogP contribution in [0.25, 0.3) is 0 Å². The summed E-state index contributed by atoms with van der Waals surface area (Å²) < 4.78 is 12.9. The van der Waals surface area contributed by atoms with Crippen molar-refractivity contribution in [3.8, 4) is 0 Å². The molecule has 3 rings (SSSR count). The van der Waals surface area contributed by atoms with Gasteiger partial charge in [0, 0.05) is 16.7 Å². The number of thioether (sulfide) groups is 1. The Bertz CT molecular complexity index is 725. The second kappa shape index (κ2) is 5.59. The predicted octanol–water partition coefficient (Wildman–Crippen LogP) is 2.82. The third-order valence-electron chi connectivity index (χ3n) is 3.01. The highest BCUT2D eigenvalue weighted by molar-refractivity contribution is 8.03. The first kappa shape index (κ1) is 13.7. The van der Waals surface area contributed by atoms with Crippen molar-refractivity contribution in [2.24, 2.45) is 16.6 Å². The summed E-state index contributed by atoms with van der Waals surface area (Å²) >= 11 is 1.29. The van der Waals surface area contributed by atoms with Crippen LogP contribution in [0.15, 0.2) is 69.3 Å². The summed E-state index contributed by atoms with van der Waals surface area (Å²) in [7, 11) is 0. The summed E-state index contributed by atoms with van der Waals surface area (Å²) in [6.45, 7) is 0. The summed E-state index contributed by atoms with van der Waals surface area (Å²) in [5, 5.41) is 1.91. The Morgan fingerprint density at radius 3 is 2.57 bits per heavy atom. The smallest absolute Gasteiger partial charge is 0.177 e. The quantitative estimate of drug-likeness (QED) is 0.661. The van der Waals surface area contributed by atoms with E-state index in [0.29, 0.717) is 10.9 Å². The van der Waals surface area contributed by atoms with Crippen LogP contribution >= 0.6 is 11.8 Å². The molecular formula is C15H13FN4S. The van der Waals surface area contributed by atoms with Gasteiger partial charge in [-0.25, -0.2) is 15.2 Å². The van der Waals surface area contributed by atoms with Crippen LogP contribution in [0.4, 0.5) is 10.1 Å². The van der Waals surface area contributed by atoms with Crippen LogP contribution in [-0.4, -0.2) is 6.21 Å². The van der Waals surface area contributed by atoms with E-state index < -0.39 is 0 Å². The summed E-state index contributed by atoms with van der Waals surface area (Å²) in [5.41, 5.74) is 7.85. The first-order valence-corrected chi connectivity index (χ1v) is 7.08. The van der Waals surface area contributed by atoms with Crippen molar-refractivity contribution in [2.45, 2.75) is 4.90 Å². The minimum atomic E-state index is -0.282. The summed E-state index contributed by atoms with van der Waals surface area (Å²) in [5.74, 6) is 6.27. The van der Waals surface area contributed by atoms with Crippen LogP contribution < -0.4 is 16.6 Å². The van der Waals surface area contributed by atoms with Gasteiger partial charge in [-0.15, -0.1) is 0 Å². The number of hydrogen-bond acceptors (Lipinski definition) is 5. The van der Waals surface area contributed by atoms with Gasteiger partial charge in [0.2, 0.25) is 0 Å². The number of fused-ring (bicyclic) bond motifs is 1. The number of rotatable bonds is 2. The van der Waals surface area contributed by atoms with E-state index in [2.05, 4.69) is 4.99 Å². The van der Waals surface area contributed by atoms with Gasteiger partial charge in [-0.05, 0) is 30.3 Å². The lowest BCUT2D eigenvalue weighted by Crippen LogP contribution is -2.34. The van der Waals surface area contributed by atoms with Crippen molar-refractivity contribution in [1.29, 1.82) is 0 Å². The van der Waals surface area contributed by atoms with Gasteiger partial charge in [-0.1, -0.05) is 30.0 Å². The van der Waals surface area contributed by atoms with Crippen LogP contribution in [0.1, 0.15) is 5.56 Å². The molecule has 0 fully saturated rings. The molecule has 0 atom stereocenters. The van der Waals surface area contributed by atoms with Crippen LogP contribution in [0.3, 0.4) is 0 Å². The van der Waals surface area contributed by atoms with Crippen molar-refractivity contribution in [1.82, 2.24) is 0 Å². The molecule has 4 N–H and O–H groups in total. The highest BCUT2D eigenvalue weighted by Gasteiger charge is 2.18. The Hall–Kier alpha value is -2.31. The Kier molecular flexibility index (Phi) is 3.64. The topological polar surface area (TPSA) is 67.6 Å². The normalized spacial score (nSPS) is 15.8. The van der Waals surface area contributed by atoms with E-state index in [0.717, 1.165) is 16.1 Å². The largest absolute Gasteiger partial charge is 0.390 e. The lowest BCUT2D eigenvalue weighted by Gasteiger charge is -2.25. The first-order valence-electron chi connectivity index (χ1n) is 6.26. The monoisotopic (exact) mass is 300 g/mol. The lowest BCUT2D eigenvalue weighted by molar-refractivity contribution is 0.626. The fourth-order valence-corrected chi connectivity index (χ4v) is 2.75. The average Bonchev–Trinajstić information content (AvgIpc) is 2.50. The van der Waals surface area contributed by atoms with E-state index in [1.807, 2.05) is 24.3 Å². The van der Waals surface area contributed by atoms with Gasteiger partial charge in [0.1, 0.15) is 10.8 Å². The van der Waals surface area contributed by atoms with E-state index in [-0.39, 0.29) is 5.82 Å². The Morgan fingerprint density at radius 2 is 1.81 bits per heavy atom. The van der Waals surface area contributed by atoms with Gasteiger partial charge < -0.3 is 5.73 Å². The third kappa shape index (κ3) is 2.76. The van der Waals surface area contributed by atoms with Crippen molar-refractivity contribution in [3.05, 3.63) is 70.8 Å². The standard InChI is InChI=1S/C15H13FN4S/c16-11-5-7-12(8-6-11)21-14(17)15-19-9-10-3-1-2-4-13(10)20(15)18/h1-9H,17-18H2/b15-14+. The van der Waals surface area contributed by atoms with Crippen molar-refractivity contribution < 1.29 is 4.39 Å². The van der Waals surface area contributed by atoms with Gasteiger partial charge in [0.05, 0.1) is 5.69 Å². The molecule has 0 unspecified atom stereocenters. The molecule has 0 bridgehead atoms. The summed E-state index contributed by atoms with van der Waals surface area (Å²) in [6.07, 6.45) is 1.73. The Labute approximate surface area is 125 Å². The van der Waals surface area contributed by atoms with Crippen molar-refractivity contribution in [2.75, 3.05) is 5.01 Å². The second-order valence-electron chi connectivity index (χ2n) is 4.43. The molecule has 106 valence electrons. The molecule has 0 amide bonds. The van der Waals surface area contributed by atoms with Crippen LogP contribution in [0.5, 0.6) is 0 Å². The summed E-state index contributed by atoms with van der Waals surface area (Å²) in [6, 6.07) is 13.8. The van der Waals surface area contributed by atoms with Crippen LogP contribution in [0, 0.1) is 5.82 Å². The van der Waals surface area contributed by atoms with E-state index in [9.17, 15) is 4.39 Å². The SMILES string of the molecule is N/C(Sc1ccc(F)cc1)=C1/N=Cc2ccccc2N1N. The van der Waals surface area contributed by atoms with Crippen molar-refractivity contribution >= 4 is 23.7 Å². The molecule has 2 aromatic rings. The maximum Gasteiger partial charge on any atom is 0.177 e. The molecule has 1 heterocycles. The minimum Gasteiger partial charge on any atom is -0.390 e. The minimum absolute atomic E-state index is 0.282. The average molecular weight is 300 g/mol. The zero-order chi connectivity index (χ0) is 14.8. The molecule has 0 radical (unpaired) electrons. The lowest BCUT2D eigenvalue weighted by atomic mass is 10.1. The van der Waals surface area contributed by atoms with Gasteiger partial charge in [0.25, 0.3) is 0 Å². The van der Waals surface area contributed by atoms with Crippen LogP contribution in [-0.2, 0) is 0 Å². The number of nitrogens with two attached hydrogens (primary N) is 2. The molecule has 0 saturated carbocycles. The number of anilines is 1. The zero-order valence-electron chi connectivity index (χ0n) is 11.0. The molecule has 0 spiro atoms. The number of hydrazine groups is 1. The maximum atomic E-state index is 12.9. The molecule has 6 heteroatoms. The molecule has 2 aromatic carbocycles. The van der Waals surface area contributed by atoms with Crippen LogP contribution in [0.2, 0.25) is 0 Å². The van der Waals surface area contributed by atoms with Crippen molar-refractivity contribution in [3.63, 3.8) is 0 Å². The summed E-state index contributed by atoms with van der Waals surface area (Å²) in [4.78, 5) is 5.12. The van der Waals surface area contributed by atoms with E-state index in [4.69, 9.17) is 11.6 Å². The number of nitrogens with zero attached hydrogens (tertiary/aromatic N) is 2. The van der Waals surface area contributed by atoms with Gasteiger partial charge in [-0.2, -0.15) is 0 Å². The van der Waals surface area contributed by atoms with Gasteiger partial charge in [-0.3, -0.25) is 5.01 Å². The Balaban J connectivity index is 1.91. The maximum absolute atomic E-state index is 12.9. The number of aliphatic imine (C=N–C) groups is 1. The van der Waals surface area contributed by atoms with Gasteiger partial charge >= 0.3 is 0 Å². The van der Waals surface area contributed by atoms with Gasteiger partial charge in [0.15, 0.2) is 5.82 Å². The highest BCUT2D eigenvalue weighted by atomic mass is 32.2. The zero-order valence-corrected chi connectivity index (χ0v) is 11.8. The van der Waals surface area contributed by atoms with E-state index in [1.165, 1.54) is 28.9 Å². The molecule has 0 aromatic heterocycles. The number of para-hydroxylation sites is 1. The first-order chi connectivity index (χ1) is 10.1. The second-order valence-corrected chi connectivity index (χ2v) is 5.55. The predicted molar refractivity (Wildman–Crippen MR) is 84.2 cm³/mol. The Morgan fingerprint density at radius 1 is 1.10 bits per heavy atom. The molecule has 0 aliphatic carbocycles. The van der Waals surface area contributed by atoms with E-state index >= 15 is 0 Å². The molecule has 4 nitrogen and oxygen atoms in total. The molecule has 1 aliphatic rings. The number of hydrogen-bond donors (Lipinski definition) is 2. The highest BCUT2D eigenvalue weighted by Crippen LogP contribution is 2.31. The third-order valence-corrected chi connectivity index (χ3v) is 3.92. The molecule has 1 aliphatic heterocycles. The molecule has 21 heavy (non-hydrogen) atoms. The van der Waals surface area contributed by atoms with E-state index in [1.54, 1.807) is 18.3 Å². The molecular weight excluding hydrogens is 287 g/mol. The molecule has 0 saturated heterocycles. The fraction of sp³-hybridized carbons (Fsp3) is 0. The number of benzene rings is 2.